The molecule has 3 aliphatic heterocycles. The fraction of sp³-hybridized carbons (Fsp3) is 0.500. The van der Waals surface area contributed by atoms with Crippen molar-refractivity contribution in [1.29, 1.82) is 5.26 Å². The van der Waals surface area contributed by atoms with Crippen molar-refractivity contribution >= 4 is 23.5 Å². The number of imide groups is 1. The Hall–Kier alpha value is -2.95. The van der Waals surface area contributed by atoms with E-state index in [0.717, 1.165) is 17.7 Å². The maximum absolute atomic E-state index is 13.0. The van der Waals surface area contributed by atoms with Crippen LogP contribution < -0.4 is 4.90 Å². The molecule has 3 saturated heterocycles. The number of likely N-dealkylation sites (tertiary alicyclic amines) is 1. The molecule has 0 spiro atoms. The number of rotatable bonds is 2. The van der Waals surface area contributed by atoms with Crippen molar-refractivity contribution in [2.75, 3.05) is 11.4 Å². The van der Waals surface area contributed by atoms with Crippen LogP contribution in [0.1, 0.15) is 30.5 Å². The molecule has 3 atom stereocenters. The summed E-state index contributed by atoms with van der Waals surface area (Å²) in [6.07, 6.45) is 3.92. The number of anilines is 1. The summed E-state index contributed by atoms with van der Waals surface area (Å²) in [6, 6.07) is 2.35. The third-order valence-electron chi connectivity index (χ3n) is 5.90. The lowest BCUT2D eigenvalue weighted by Crippen LogP contribution is -2.55. The SMILES string of the molecule is Cc1cc(N2C(=O)[C@@H]3C4CC(CN4C(=O)C4CC4)N3C2=O)cnc1C#N. The van der Waals surface area contributed by atoms with Crippen LogP contribution in [0.5, 0.6) is 0 Å². The molecule has 0 radical (unpaired) electrons. The molecule has 8 nitrogen and oxygen atoms in total. The lowest BCUT2D eigenvalue weighted by molar-refractivity contribution is -0.136. The molecule has 1 aliphatic carbocycles. The highest BCUT2D eigenvalue weighted by Gasteiger charge is 2.63. The summed E-state index contributed by atoms with van der Waals surface area (Å²) < 4.78 is 0. The van der Waals surface area contributed by atoms with Crippen molar-refractivity contribution in [3.63, 3.8) is 0 Å². The Labute approximate surface area is 150 Å². The van der Waals surface area contributed by atoms with Crippen molar-refractivity contribution in [3.8, 4) is 6.07 Å². The Morgan fingerprint density at radius 1 is 1.35 bits per heavy atom. The molecule has 1 aromatic heterocycles. The molecule has 4 amide bonds. The maximum atomic E-state index is 13.0. The van der Waals surface area contributed by atoms with Gasteiger partial charge < -0.3 is 9.80 Å². The Morgan fingerprint density at radius 3 is 2.77 bits per heavy atom. The monoisotopic (exact) mass is 351 g/mol. The summed E-state index contributed by atoms with van der Waals surface area (Å²) in [5.74, 6) is -0.0649. The summed E-state index contributed by atoms with van der Waals surface area (Å²) in [7, 11) is 0. The van der Waals surface area contributed by atoms with Crippen LogP contribution in [0.3, 0.4) is 0 Å². The lowest BCUT2D eigenvalue weighted by atomic mass is 10.1. The van der Waals surface area contributed by atoms with Crippen LogP contribution in [0.25, 0.3) is 0 Å². The Balaban J connectivity index is 1.47. The number of carbonyl (C=O) groups excluding carboxylic acids is 3. The summed E-state index contributed by atoms with van der Waals surface area (Å²) in [5.41, 5.74) is 1.27. The second-order valence-corrected chi connectivity index (χ2v) is 7.50. The number of pyridine rings is 1. The number of aromatic nitrogens is 1. The molecule has 26 heavy (non-hydrogen) atoms. The van der Waals surface area contributed by atoms with E-state index in [2.05, 4.69) is 4.98 Å². The van der Waals surface area contributed by atoms with Crippen LogP contribution in [0.15, 0.2) is 12.3 Å². The molecule has 4 aliphatic rings. The van der Waals surface area contributed by atoms with Crippen LogP contribution >= 0.6 is 0 Å². The molecule has 0 N–H and O–H groups in total. The molecule has 4 heterocycles. The number of hydrogen-bond donors (Lipinski definition) is 0. The largest absolute Gasteiger partial charge is 0.335 e. The van der Waals surface area contributed by atoms with E-state index in [1.807, 2.05) is 11.0 Å². The molecular formula is C18H17N5O3. The van der Waals surface area contributed by atoms with Gasteiger partial charge in [-0.25, -0.2) is 14.7 Å². The zero-order chi connectivity index (χ0) is 18.2. The van der Waals surface area contributed by atoms with E-state index < -0.39 is 6.04 Å². The van der Waals surface area contributed by atoms with Crippen LogP contribution in [-0.2, 0) is 9.59 Å². The van der Waals surface area contributed by atoms with Gasteiger partial charge in [0, 0.05) is 12.5 Å². The minimum absolute atomic E-state index is 0.0958. The van der Waals surface area contributed by atoms with Gasteiger partial charge in [-0.1, -0.05) is 0 Å². The number of hydrogen-bond acceptors (Lipinski definition) is 5. The van der Waals surface area contributed by atoms with E-state index >= 15 is 0 Å². The fourth-order valence-electron chi connectivity index (χ4n) is 4.51. The number of fused-ring (bicyclic) bond motifs is 5. The van der Waals surface area contributed by atoms with Gasteiger partial charge in [0.15, 0.2) is 0 Å². The van der Waals surface area contributed by atoms with Gasteiger partial charge in [0.1, 0.15) is 17.8 Å². The number of carbonyl (C=O) groups is 3. The minimum atomic E-state index is -0.597. The zero-order valence-electron chi connectivity index (χ0n) is 14.3. The minimum Gasteiger partial charge on any atom is -0.335 e. The quantitative estimate of drug-likeness (QED) is 0.734. The first kappa shape index (κ1) is 15.3. The number of urea groups is 1. The molecule has 2 bridgehead atoms. The predicted molar refractivity (Wildman–Crippen MR) is 88.8 cm³/mol. The first-order chi connectivity index (χ1) is 12.5. The van der Waals surface area contributed by atoms with Gasteiger partial charge in [-0.15, -0.1) is 0 Å². The summed E-state index contributed by atoms with van der Waals surface area (Å²) in [4.78, 5) is 47.1. The molecule has 0 aromatic carbocycles. The third-order valence-corrected chi connectivity index (χ3v) is 5.90. The molecule has 4 fully saturated rings. The van der Waals surface area contributed by atoms with Crippen LogP contribution in [0, 0.1) is 24.2 Å². The Kier molecular flexibility index (Phi) is 2.97. The fourth-order valence-corrected chi connectivity index (χ4v) is 4.51. The number of nitriles is 1. The van der Waals surface area contributed by atoms with Crippen LogP contribution in [-0.4, -0.2) is 57.3 Å². The molecule has 1 aromatic rings. The van der Waals surface area contributed by atoms with E-state index in [9.17, 15) is 14.4 Å². The van der Waals surface area contributed by atoms with Gasteiger partial charge in [0.05, 0.1) is 24.0 Å². The average Bonchev–Trinajstić information content (AvgIpc) is 3.21. The lowest BCUT2D eigenvalue weighted by Gasteiger charge is -2.35. The molecule has 1 saturated carbocycles. The van der Waals surface area contributed by atoms with Crippen LogP contribution in [0.2, 0.25) is 0 Å². The number of aryl methyl sites for hydroxylation is 1. The van der Waals surface area contributed by atoms with Gasteiger partial charge in [-0.2, -0.15) is 5.26 Å². The van der Waals surface area contributed by atoms with E-state index in [1.54, 1.807) is 17.9 Å². The Morgan fingerprint density at radius 2 is 2.12 bits per heavy atom. The van der Waals surface area contributed by atoms with E-state index in [0.29, 0.717) is 24.2 Å². The standard InChI is InChI=1S/C18H17N5O3/c1-9-4-11(7-20-13(9)6-19)23-17(25)15-14-5-12(22(15)18(23)26)8-21(14)16(24)10-2-3-10/h4,7,10,12,14-15H,2-3,5,8H2,1H3/t12?,14?,15-/m0/s1. The summed E-state index contributed by atoms with van der Waals surface area (Å²) >= 11 is 0. The van der Waals surface area contributed by atoms with Crippen molar-refractivity contribution in [3.05, 3.63) is 23.5 Å². The number of nitrogens with zero attached hydrogens (tertiary/aromatic N) is 5. The van der Waals surface area contributed by atoms with E-state index in [4.69, 9.17) is 5.26 Å². The molecule has 8 heteroatoms. The van der Waals surface area contributed by atoms with Gasteiger partial charge in [0.25, 0.3) is 5.91 Å². The smallest absolute Gasteiger partial charge is 0.332 e. The topological polar surface area (TPSA) is 97.6 Å². The molecule has 132 valence electrons. The van der Waals surface area contributed by atoms with Crippen molar-refractivity contribution in [1.82, 2.24) is 14.8 Å². The van der Waals surface area contributed by atoms with Crippen molar-refractivity contribution in [2.45, 2.75) is 44.3 Å². The molecule has 2 unspecified atom stereocenters. The molecular weight excluding hydrogens is 334 g/mol. The molecule has 5 rings (SSSR count). The number of amides is 4. The van der Waals surface area contributed by atoms with E-state index in [1.165, 1.54) is 6.20 Å². The van der Waals surface area contributed by atoms with Gasteiger partial charge >= 0.3 is 6.03 Å². The van der Waals surface area contributed by atoms with E-state index in [-0.39, 0.29) is 41.5 Å². The van der Waals surface area contributed by atoms with Crippen molar-refractivity contribution < 1.29 is 14.4 Å². The average molecular weight is 351 g/mol. The number of piperazine rings is 1. The highest BCUT2D eigenvalue weighted by Crippen LogP contribution is 2.44. The Bertz CT molecular complexity index is 903. The van der Waals surface area contributed by atoms with Crippen LogP contribution in [0.4, 0.5) is 10.5 Å². The second-order valence-electron chi connectivity index (χ2n) is 7.50. The van der Waals surface area contributed by atoms with Gasteiger partial charge in [-0.3, -0.25) is 9.59 Å². The summed E-state index contributed by atoms with van der Waals surface area (Å²) in [6.45, 7) is 2.24. The first-order valence-electron chi connectivity index (χ1n) is 8.84. The maximum Gasteiger partial charge on any atom is 0.332 e. The highest BCUT2D eigenvalue weighted by molar-refractivity contribution is 6.22. The summed E-state index contributed by atoms with van der Waals surface area (Å²) in [5, 5.41) is 9.01. The van der Waals surface area contributed by atoms with Gasteiger partial charge in [-0.05, 0) is 37.8 Å². The van der Waals surface area contributed by atoms with Gasteiger partial charge in [0.2, 0.25) is 5.91 Å². The normalized spacial score (nSPS) is 29.4. The first-order valence-corrected chi connectivity index (χ1v) is 8.84. The third kappa shape index (κ3) is 1.88. The second kappa shape index (κ2) is 5.04. The highest BCUT2D eigenvalue weighted by atomic mass is 16.2. The van der Waals surface area contributed by atoms with Crippen molar-refractivity contribution in [2.24, 2.45) is 5.92 Å². The predicted octanol–water partition coefficient (Wildman–Crippen LogP) is 0.792. The zero-order valence-corrected chi connectivity index (χ0v) is 14.3.